The number of aryl methyl sites for hydroxylation is 3. The fourth-order valence-electron chi connectivity index (χ4n) is 1.95. The van der Waals surface area contributed by atoms with E-state index < -0.39 is 0 Å². The van der Waals surface area contributed by atoms with Crippen molar-refractivity contribution in [1.82, 2.24) is 0 Å². The molecule has 14 heavy (non-hydrogen) atoms. The Balaban J connectivity index is 3.40. The van der Waals surface area contributed by atoms with Crippen LogP contribution >= 0.6 is 0 Å². The number of benzene rings is 1. The van der Waals surface area contributed by atoms with E-state index >= 15 is 0 Å². The lowest BCUT2D eigenvalue weighted by atomic mass is 9.93. The van der Waals surface area contributed by atoms with Gasteiger partial charge >= 0.3 is 0 Å². The molecule has 1 aromatic carbocycles. The molecule has 0 bridgehead atoms. The molecule has 0 aliphatic carbocycles. The Morgan fingerprint density at radius 3 is 1.86 bits per heavy atom. The summed E-state index contributed by atoms with van der Waals surface area (Å²) < 4.78 is 0. The third kappa shape index (κ3) is 2.03. The van der Waals surface area contributed by atoms with E-state index in [-0.39, 0.29) is 5.78 Å². The second-order valence-corrected chi connectivity index (χ2v) is 3.72. The first-order valence-corrected chi connectivity index (χ1v) is 5.23. The van der Waals surface area contributed by atoms with Gasteiger partial charge in [0.1, 0.15) is 0 Å². The van der Waals surface area contributed by atoms with Gasteiger partial charge in [-0.1, -0.05) is 31.5 Å². The largest absolute Gasteiger partial charge is 0.294 e. The molecule has 0 fully saturated rings. The molecule has 0 unspecified atom stereocenters. The van der Waals surface area contributed by atoms with Crippen LogP contribution in [0.15, 0.2) is 12.1 Å². The number of hydrogen-bond acceptors (Lipinski definition) is 1. The van der Waals surface area contributed by atoms with E-state index in [2.05, 4.69) is 32.9 Å². The van der Waals surface area contributed by atoms with Gasteiger partial charge in [-0.05, 0) is 37.8 Å². The molecular formula is C13H18O. The van der Waals surface area contributed by atoms with Crippen LogP contribution in [0.3, 0.4) is 0 Å². The van der Waals surface area contributed by atoms with Gasteiger partial charge in [-0.3, -0.25) is 4.79 Å². The molecule has 0 saturated carbocycles. The van der Waals surface area contributed by atoms with Gasteiger partial charge in [0.25, 0.3) is 0 Å². The molecule has 0 aliphatic heterocycles. The SMILES string of the molecule is CCc1cc(C)cc(CC)c1C(C)=O. The molecule has 0 N–H and O–H groups in total. The van der Waals surface area contributed by atoms with E-state index in [1.807, 2.05) is 0 Å². The highest BCUT2D eigenvalue weighted by Gasteiger charge is 2.11. The zero-order valence-corrected chi connectivity index (χ0v) is 9.48. The fourth-order valence-corrected chi connectivity index (χ4v) is 1.95. The van der Waals surface area contributed by atoms with E-state index in [0.29, 0.717) is 0 Å². The van der Waals surface area contributed by atoms with Crippen molar-refractivity contribution in [2.75, 3.05) is 0 Å². The Bertz CT molecular complexity index is 325. The first-order chi connectivity index (χ1) is 6.60. The Hall–Kier alpha value is -1.11. The summed E-state index contributed by atoms with van der Waals surface area (Å²) >= 11 is 0. The number of Topliss-reactive ketones (excluding diaryl/α,β-unsaturated/α-hetero) is 1. The summed E-state index contributed by atoms with van der Waals surface area (Å²) in [6, 6.07) is 4.24. The average Bonchev–Trinajstić information content (AvgIpc) is 2.15. The van der Waals surface area contributed by atoms with Crippen LogP contribution < -0.4 is 0 Å². The molecule has 1 heteroatoms. The summed E-state index contributed by atoms with van der Waals surface area (Å²) in [6.07, 6.45) is 1.87. The predicted molar refractivity (Wildman–Crippen MR) is 59.9 cm³/mol. The second-order valence-electron chi connectivity index (χ2n) is 3.72. The maximum Gasteiger partial charge on any atom is 0.160 e. The van der Waals surface area contributed by atoms with E-state index in [9.17, 15) is 4.79 Å². The predicted octanol–water partition coefficient (Wildman–Crippen LogP) is 3.32. The van der Waals surface area contributed by atoms with E-state index in [0.717, 1.165) is 18.4 Å². The maximum absolute atomic E-state index is 11.5. The number of hydrogen-bond donors (Lipinski definition) is 0. The lowest BCUT2D eigenvalue weighted by Gasteiger charge is -2.11. The lowest BCUT2D eigenvalue weighted by molar-refractivity contribution is 0.101. The summed E-state index contributed by atoms with van der Waals surface area (Å²) in [6.45, 7) is 7.94. The van der Waals surface area contributed by atoms with E-state index in [1.54, 1.807) is 6.92 Å². The molecule has 1 aromatic rings. The van der Waals surface area contributed by atoms with Crippen molar-refractivity contribution in [3.05, 3.63) is 34.4 Å². The molecule has 1 rings (SSSR count). The van der Waals surface area contributed by atoms with Gasteiger partial charge in [-0.15, -0.1) is 0 Å². The van der Waals surface area contributed by atoms with Crippen LogP contribution in [0.25, 0.3) is 0 Å². The summed E-state index contributed by atoms with van der Waals surface area (Å²) in [5.74, 6) is 0.193. The Labute approximate surface area is 86.1 Å². The van der Waals surface area contributed by atoms with Crippen LogP contribution in [0.1, 0.15) is 47.8 Å². The number of carbonyl (C=O) groups excluding carboxylic acids is 1. The molecule has 0 heterocycles. The van der Waals surface area contributed by atoms with Crippen LogP contribution in [-0.4, -0.2) is 5.78 Å². The van der Waals surface area contributed by atoms with Crippen LogP contribution in [0.5, 0.6) is 0 Å². The molecule has 0 saturated heterocycles. The lowest BCUT2D eigenvalue weighted by Crippen LogP contribution is -2.04. The van der Waals surface area contributed by atoms with E-state index in [1.165, 1.54) is 16.7 Å². The fraction of sp³-hybridized carbons (Fsp3) is 0.462. The molecule has 0 atom stereocenters. The standard InChI is InChI=1S/C13H18O/c1-5-11-7-9(3)8-12(6-2)13(11)10(4)14/h7-8H,5-6H2,1-4H3. The van der Waals surface area contributed by atoms with Gasteiger partial charge in [-0.2, -0.15) is 0 Å². The summed E-state index contributed by atoms with van der Waals surface area (Å²) in [4.78, 5) is 11.5. The van der Waals surface area contributed by atoms with E-state index in [4.69, 9.17) is 0 Å². The first-order valence-electron chi connectivity index (χ1n) is 5.23. The minimum atomic E-state index is 0.193. The summed E-state index contributed by atoms with van der Waals surface area (Å²) in [7, 11) is 0. The zero-order valence-electron chi connectivity index (χ0n) is 9.48. The van der Waals surface area contributed by atoms with Gasteiger partial charge < -0.3 is 0 Å². The minimum absolute atomic E-state index is 0.193. The van der Waals surface area contributed by atoms with Crippen molar-refractivity contribution < 1.29 is 4.79 Å². The van der Waals surface area contributed by atoms with Crippen LogP contribution in [0.4, 0.5) is 0 Å². The van der Waals surface area contributed by atoms with Gasteiger partial charge in [0.2, 0.25) is 0 Å². The van der Waals surface area contributed by atoms with Gasteiger partial charge in [0.05, 0.1) is 0 Å². The second kappa shape index (κ2) is 4.41. The van der Waals surface area contributed by atoms with Crippen molar-refractivity contribution in [3.63, 3.8) is 0 Å². The summed E-state index contributed by atoms with van der Waals surface area (Å²) in [5.41, 5.74) is 4.58. The Kier molecular flexibility index (Phi) is 3.45. The molecule has 0 amide bonds. The molecule has 0 aromatic heterocycles. The van der Waals surface area contributed by atoms with Crippen molar-refractivity contribution in [3.8, 4) is 0 Å². The molecule has 0 radical (unpaired) electrons. The average molecular weight is 190 g/mol. The highest BCUT2D eigenvalue weighted by Crippen LogP contribution is 2.19. The zero-order chi connectivity index (χ0) is 10.7. The minimum Gasteiger partial charge on any atom is -0.294 e. The van der Waals surface area contributed by atoms with Crippen LogP contribution in [0.2, 0.25) is 0 Å². The number of carbonyl (C=O) groups is 1. The number of rotatable bonds is 3. The highest BCUT2D eigenvalue weighted by molar-refractivity contribution is 5.97. The normalized spacial score (nSPS) is 10.3. The Morgan fingerprint density at radius 2 is 1.57 bits per heavy atom. The molecule has 76 valence electrons. The third-order valence-electron chi connectivity index (χ3n) is 2.56. The maximum atomic E-state index is 11.5. The third-order valence-corrected chi connectivity index (χ3v) is 2.56. The van der Waals surface area contributed by atoms with Crippen molar-refractivity contribution in [1.29, 1.82) is 0 Å². The van der Waals surface area contributed by atoms with Crippen LogP contribution in [0, 0.1) is 6.92 Å². The quantitative estimate of drug-likeness (QED) is 0.668. The highest BCUT2D eigenvalue weighted by atomic mass is 16.1. The monoisotopic (exact) mass is 190 g/mol. The topological polar surface area (TPSA) is 17.1 Å². The summed E-state index contributed by atoms with van der Waals surface area (Å²) in [5, 5.41) is 0. The molecule has 0 aliphatic rings. The Morgan fingerprint density at radius 1 is 1.14 bits per heavy atom. The smallest absolute Gasteiger partial charge is 0.160 e. The molecule has 1 nitrogen and oxygen atoms in total. The van der Waals surface area contributed by atoms with Gasteiger partial charge in [0, 0.05) is 5.56 Å². The molecule has 0 spiro atoms. The van der Waals surface area contributed by atoms with Crippen LogP contribution in [-0.2, 0) is 12.8 Å². The number of ketones is 1. The van der Waals surface area contributed by atoms with Crippen molar-refractivity contribution >= 4 is 5.78 Å². The molecular weight excluding hydrogens is 172 g/mol. The van der Waals surface area contributed by atoms with Gasteiger partial charge in [0.15, 0.2) is 5.78 Å². The van der Waals surface area contributed by atoms with Gasteiger partial charge in [-0.25, -0.2) is 0 Å². The first kappa shape index (κ1) is 11.0. The van der Waals surface area contributed by atoms with Crippen molar-refractivity contribution in [2.24, 2.45) is 0 Å². The van der Waals surface area contributed by atoms with Crippen molar-refractivity contribution in [2.45, 2.75) is 40.5 Å².